The molecule has 0 fully saturated rings. The lowest BCUT2D eigenvalue weighted by Gasteiger charge is -2.23. The van der Waals surface area contributed by atoms with Crippen LogP contribution in [0.5, 0.6) is 0 Å². The van der Waals surface area contributed by atoms with Gasteiger partial charge < -0.3 is 14.2 Å². The summed E-state index contributed by atoms with van der Waals surface area (Å²) in [5.74, 6) is -0.0381. The first-order chi connectivity index (χ1) is 16.1. The van der Waals surface area contributed by atoms with Crippen molar-refractivity contribution in [2.75, 3.05) is 13.6 Å². The molecule has 1 N–H and O–H groups in total. The number of alkyl carbamates (subject to hydrolysis) is 1. The average Bonchev–Trinajstić information content (AvgIpc) is 3.25. The summed E-state index contributed by atoms with van der Waals surface area (Å²) >= 11 is 0. The Morgan fingerprint density at radius 3 is 2.53 bits per heavy atom. The van der Waals surface area contributed by atoms with Gasteiger partial charge in [0.2, 0.25) is 5.96 Å². The van der Waals surface area contributed by atoms with Crippen LogP contribution >= 0.6 is 0 Å². The number of ether oxygens (including phenoxy) is 1. The number of hydrogen-bond acceptors (Lipinski definition) is 5. The van der Waals surface area contributed by atoms with Crippen molar-refractivity contribution in [3.05, 3.63) is 71.7 Å². The van der Waals surface area contributed by atoms with Crippen molar-refractivity contribution in [1.29, 1.82) is 0 Å². The van der Waals surface area contributed by atoms with E-state index in [0.29, 0.717) is 17.8 Å². The first kappa shape index (κ1) is 25.0. The molecule has 34 heavy (non-hydrogen) atoms. The topological polar surface area (TPSA) is 80.0 Å². The van der Waals surface area contributed by atoms with Crippen LogP contribution in [-0.4, -0.2) is 41.3 Å². The van der Waals surface area contributed by atoms with Crippen molar-refractivity contribution in [3.8, 4) is 11.1 Å². The lowest BCUT2D eigenvalue weighted by atomic mass is 9.95. The summed E-state index contributed by atoms with van der Waals surface area (Å²) in [5, 5.41) is 6.76. The van der Waals surface area contributed by atoms with Crippen LogP contribution in [0.1, 0.15) is 51.8 Å². The first-order valence-corrected chi connectivity index (χ1v) is 11.2. The van der Waals surface area contributed by atoms with Crippen molar-refractivity contribution in [2.24, 2.45) is 4.99 Å². The molecule has 1 unspecified atom stereocenters. The molecule has 8 heteroatoms. The van der Waals surface area contributed by atoms with Gasteiger partial charge in [0.05, 0.1) is 5.69 Å². The minimum Gasteiger partial charge on any atom is -0.444 e. The van der Waals surface area contributed by atoms with Gasteiger partial charge in [-0.1, -0.05) is 54.5 Å². The van der Waals surface area contributed by atoms with E-state index in [9.17, 15) is 9.18 Å². The number of rotatable bonds is 5. The first-order valence-electron chi connectivity index (χ1n) is 11.2. The number of nitrogens with one attached hydrogen (secondary N) is 1. The molecule has 0 saturated heterocycles. The Labute approximate surface area is 199 Å². The SMILES string of the molecule is CCN(C)C(=Nc1cc(C(C)c2ccc(-c3ccccc3)c(F)c2)no1)NC(=O)OC(C)(C)C. The second-order valence-electron chi connectivity index (χ2n) is 8.99. The predicted molar refractivity (Wildman–Crippen MR) is 131 cm³/mol. The number of nitrogens with zero attached hydrogens (tertiary/aromatic N) is 3. The Balaban J connectivity index is 1.80. The summed E-state index contributed by atoms with van der Waals surface area (Å²) in [6, 6.07) is 16.3. The number of amides is 1. The number of carbonyl (C=O) groups excluding carboxylic acids is 1. The van der Waals surface area contributed by atoms with Crippen LogP contribution in [0.3, 0.4) is 0 Å². The highest BCUT2D eigenvalue weighted by molar-refractivity contribution is 5.95. The maximum absolute atomic E-state index is 14.8. The summed E-state index contributed by atoms with van der Waals surface area (Å²) < 4.78 is 25.5. The number of benzene rings is 2. The third kappa shape index (κ3) is 6.43. The molecule has 180 valence electrons. The minimum atomic E-state index is -0.639. The molecule has 1 heterocycles. The van der Waals surface area contributed by atoms with Crippen LogP contribution in [0.25, 0.3) is 11.1 Å². The van der Waals surface area contributed by atoms with E-state index in [1.165, 1.54) is 6.07 Å². The molecule has 3 aromatic rings. The molecule has 3 rings (SSSR count). The third-order valence-corrected chi connectivity index (χ3v) is 5.20. The molecule has 1 atom stereocenters. The van der Waals surface area contributed by atoms with Gasteiger partial charge in [0.15, 0.2) is 0 Å². The van der Waals surface area contributed by atoms with E-state index in [1.54, 1.807) is 44.9 Å². The highest BCUT2D eigenvalue weighted by Gasteiger charge is 2.20. The summed E-state index contributed by atoms with van der Waals surface area (Å²) in [6.07, 6.45) is -0.617. The van der Waals surface area contributed by atoms with E-state index in [0.717, 1.165) is 11.1 Å². The fourth-order valence-corrected chi connectivity index (χ4v) is 3.22. The Hall–Kier alpha value is -3.68. The molecule has 0 bridgehead atoms. The fourth-order valence-electron chi connectivity index (χ4n) is 3.22. The van der Waals surface area contributed by atoms with Gasteiger partial charge in [-0.2, -0.15) is 4.99 Å². The minimum absolute atomic E-state index is 0.217. The van der Waals surface area contributed by atoms with Gasteiger partial charge in [0, 0.05) is 31.1 Å². The van der Waals surface area contributed by atoms with E-state index in [2.05, 4.69) is 15.5 Å². The molecule has 7 nitrogen and oxygen atoms in total. The van der Waals surface area contributed by atoms with Crippen LogP contribution < -0.4 is 5.32 Å². The zero-order valence-electron chi connectivity index (χ0n) is 20.4. The number of carbonyl (C=O) groups is 1. The van der Waals surface area contributed by atoms with Crippen LogP contribution in [0.4, 0.5) is 15.1 Å². The van der Waals surface area contributed by atoms with E-state index in [-0.39, 0.29) is 23.6 Å². The molecule has 1 amide bonds. The van der Waals surface area contributed by atoms with Crippen LogP contribution in [0, 0.1) is 5.82 Å². The van der Waals surface area contributed by atoms with Gasteiger partial charge in [-0.3, -0.25) is 5.32 Å². The summed E-state index contributed by atoms with van der Waals surface area (Å²) in [5.41, 5.74) is 2.09. The second-order valence-corrected chi connectivity index (χ2v) is 8.99. The molecule has 0 aliphatic heterocycles. The van der Waals surface area contributed by atoms with Gasteiger partial charge in [0.1, 0.15) is 11.4 Å². The van der Waals surface area contributed by atoms with Gasteiger partial charge in [0.25, 0.3) is 5.88 Å². The quantitative estimate of drug-likeness (QED) is 0.363. The van der Waals surface area contributed by atoms with E-state index in [1.807, 2.05) is 50.2 Å². The average molecular weight is 467 g/mol. The Bertz CT molecular complexity index is 1150. The maximum Gasteiger partial charge on any atom is 0.414 e. The summed E-state index contributed by atoms with van der Waals surface area (Å²) in [6.45, 7) is 9.79. The molecule has 0 spiro atoms. The van der Waals surface area contributed by atoms with Gasteiger partial charge in [-0.05, 0) is 44.9 Å². The Kier molecular flexibility index (Phi) is 7.71. The van der Waals surface area contributed by atoms with Crippen molar-refractivity contribution in [2.45, 2.75) is 46.1 Å². The number of hydrogen-bond donors (Lipinski definition) is 1. The summed E-state index contributed by atoms with van der Waals surface area (Å²) in [4.78, 5) is 18.4. The number of halogens is 1. The monoisotopic (exact) mass is 466 g/mol. The van der Waals surface area contributed by atoms with Crippen LogP contribution in [0.2, 0.25) is 0 Å². The zero-order chi connectivity index (χ0) is 24.9. The zero-order valence-corrected chi connectivity index (χ0v) is 20.4. The molecule has 0 aliphatic rings. The summed E-state index contributed by atoms with van der Waals surface area (Å²) in [7, 11) is 1.78. The van der Waals surface area contributed by atoms with Gasteiger partial charge in [-0.15, -0.1) is 0 Å². The maximum atomic E-state index is 14.8. The number of guanidine groups is 1. The fraction of sp³-hybridized carbons (Fsp3) is 0.346. The van der Waals surface area contributed by atoms with Crippen LogP contribution in [-0.2, 0) is 4.74 Å². The molecular formula is C26H31FN4O3. The lowest BCUT2D eigenvalue weighted by Crippen LogP contribution is -2.44. The van der Waals surface area contributed by atoms with Gasteiger partial charge >= 0.3 is 6.09 Å². The smallest absolute Gasteiger partial charge is 0.414 e. The van der Waals surface area contributed by atoms with E-state index >= 15 is 0 Å². The van der Waals surface area contributed by atoms with E-state index in [4.69, 9.17) is 9.26 Å². The third-order valence-electron chi connectivity index (χ3n) is 5.20. The molecule has 0 saturated carbocycles. The second kappa shape index (κ2) is 10.5. The lowest BCUT2D eigenvalue weighted by molar-refractivity contribution is 0.0557. The highest BCUT2D eigenvalue weighted by Crippen LogP contribution is 2.30. The molecular weight excluding hydrogens is 435 g/mol. The van der Waals surface area contributed by atoms with E-state index < -0.39 is 11.7 Å². The molecule has 2 aromatic carbocycles. The Morgan fingerprint density at radius 2 is 1.91 bits per heavy atom. The van der Waals surface area contributed by atoms with Crippen molar-refractivity contribution >= 4 is 17.9 Å². The molecule has 0 aliphatic carbocycles. The molecule has 1 aromatic heterocycles. The van der Waals surface area contributed by atoms with Crippen LogP contribution in [0.15, 0.2) is 64.1 Å². The van der Waals surface area contributed by atoms with Crippen molar-refractivity contribution in [3.63, 3.8) is 0 Å². The van der Waals surface area contributed by atoms with Crippen molar-refractivity contribution < 1.29 is 18.4 Å². The number of aromatic nitrogens is 1. The predicted octanol–water partition coefficient (Wildman–Crippen LogP) is 6.10. The molecule has 0 radical (unpaired) electrons. The van der Waals surface area contributed by atoms with Gasteiger partial charge in [-0.25, -0.2) is 9.18 Å². The van der Waals surface area contributed by atoms with Crippen molar-refractivity contribution in [1.82, 2.24) is 15.4 Å². The standard InChI is InChI=1S/C26H31FN4O3/c1-7-31(6)24(29-25(32)33-26(3,4)5)28-23-16-22(30-34-23)17(2)19-13-14-20(21(27)15-19)18-11-9-8-10-12-18/h8-17H,7H2,1-6H3,(H,28,29,32). The number of aliphatic imine (C=N–C) groups is 1. The highest BCUT2D eigenvalue weighted by atomic mass is 19.1. The normalized spacial score (nSPS) is 12.9. The largest absolute Gasteiger partial charge is 0.444 e. The Morgan fingerprint density at radius 1 is 1.21 bits per heavy atom.